The predicted octanol–water partition coefficient (Wildman–Crippen LogP) is 5.83. The lowest BCUT2D eigenvalue weighted by Crippen LogP contribution is -2.40. The van der Waals surface area contributed by atoms with Gasteiger partial charge in [-0.2, -0.15) is 0 Å². The van der Waals surface area contributed by atoms with Crippen LogP contribution in [-0.2, 0) is 4.74 Å². The van der Waals surface area contributed by atoms with Gasteiger partial charge in [-0.3, -0.25) is 0 Å². The minimum absolute atomic E-state index is 0.191. The number of benzene rings is 1. The molecule has 3 nitrogen and oxygen atoms in total. The maximum Gasteiger partial charge on any atom is 0.410 e. The number of fused-ring (bicyclic) bond motifs is 1. The zero-order valence-electron chi connectivity index (χ0n) is 20.4. The summed E-state index contributed by atoms with van der Waals surface area (Å²) in [6.07, 6.45) is 12.4. The van der Waals surface area contributed by atoms with Gasteiger partial charge in [-0.25, -0.2) is 4.79 Å². The van der Waals surface area contributed by atoms with Gasteiger partial charge < -0.3 is 9.64 Å². The van der Waals surface area contributed by atoms with Gasteiger partial charge in [0.05, 0.1) is 0 Å². The van der Waals surface area contributed by atoms with Gasteiger partial charge in [-0.05, 0) is 98.3 Å². The minimum atomic E-state index is -0.460. The van der Waals surface area contributed by atoms with Crippen LogP contribution in [0.2, 0.25) is 0 Å². The van der Waals surface area contributed by atoms with Crippen LogP contribution >= 0.6 is 0 Å². The average molecular weight is 434 g/mol. The van der Waals surface area contributed by atoms with Crippen LogP contribution in [0.3, 0.4) is 0 Å². The summed E-state index contributed by atoms with van der Waals surface area (Å²) in [4.78, 5) is 14.6. The van der Waals surface area contributed by atoms with Crippen molar-refractivity contribution < 1.29 is 9.53 Å². The van der Waals surface area contributed by atoms with Gasteiger partial charge in [0.2, 0.25) is 0 Å². The lowest BCUT2D eigenvalue weighted by atomic mass is 9.77. The van der Waals surface area contributed by atoms with E-state index in [1.165, 1.54) is 46.4 Å². The Morgan fingerprint density at radius 1 is 1.19 bits per heavy atom. The van der Waals surface area contributed by atoms with Crippen LogP contribution in [0.4, 0.5) is 4.79 Å². The van der Waals surface area contributed by atoms with Crippen molar-refractivity contribution in [2.45, 2.75) is 84.2 Å². The van der Waals surface area contributed by atoms with Crippen molar-refractivity contribution in [2.24, 2.45) is 5.92 Å². The molecule has 172 valence electrons. The van der Waals surface area contributed by atoms with E-state index in [1.54, 1.807) is 5.56 Å². The van der Waals surface area contributed by atoms with Gasteiger partial charge in [0.1, 0.15) is 5.60 Å². The summed E-state index contributed by atoms with van der Waals surface area (Å²) in [6.45, 7) is 13.9. The van der Waals surface area contributed by atoms with Crippen LogP contribution in [0.15, 0.2) is 42.0 Å². The molecular formula is C29H39NO2. The third-order valence-electron chi connectivity index (χ3n) is 6.92. The number of rotatable bonds is 2. The fourth-order valence-corrected chi connectivity index (χ4v) is 5.23. The molecule has 1 aromatic carbocycles. The van der Waals surface area contributed by atoms with Crippen molar-refractivity contribution in [1.82, 2.24) is 4.90 Å². The zero-order chi connectivity index (χ0) is 22.9. The third kappa shape index (κ3) is 5.19. The highest BCUT2D eigenvalue weighted by atomic mass is 16.6. The summed E-state index contributed by atoms with van der Waals surface area (Å²) in [5.41, 5.74) is 5.32. The van der Waals surface area contributed by atoms with Gasteiger partial charge in [0, 0.05) is 13.1 Å². The first kappa shape index (κ1) is 22.9. The standard InChI is InChI=1S/C29H39NO2/c1-20-14-15-23-11-7-13-25(22-9-6-10-22)27(23)26(18-20)24-12-8-16-30(19-21(2)17-24)28(31)32-29(3,4)5/h7,11,13,15,17,21-22H,1,6,8-10,12,14,16,18-19H2,2-5H3/b24-17-/t21-/m1/s1. The number of allylic oxidation sites excluding steroid dienone is 2. The van der Waals surface area contributed by atoms with E-state index >= 15 is 0 Å². The number of hydrogen-bond donors (Lipinski definition) is 0. The van der Waals surface area contributed by atoms with Crippen LogP contribution in [0.5, 0.6) is 0 Å². The number of ether oxygens (including phenoxy) is 1. The smallest absolute Gasteiger partial charge is 0.410 e. The Morgan fingerprint density at radius 3 is 2.66 bits per heavy atom. The lowest BCUT2D eigenvalue weighted by molar-refractivity contribution is 0.0230. The molecule has 4 rings (SSSR count). The molecule has 3 aliphatic rings. The highest BCUT2D eigenvalue weighted by molar-refractivity contribution is 5.70. The fraction of sp³-hybridized carbons (Fsp3) is 0.552. The average Bonchev–Trinajstić information content (AvgIpc) is 2.81. The van der Waals surface area contributed by atoms with E-state index in [0.29, 0.717) is 12.5 Å². The molecule has 1 aliphatic heterocycles. The van der Waals surface area contributed by atoms with E-state index in [9.17, 15) is 4.79 Å². The van der Waals surface area contributed by atoms with Crippen LogP contribution in [0, 0.1) is 5.92 Å². The summed E-state index contributed by atoms with van der Waals surface area (Å²) >= 11 is 0. The maximum atomic E-state index is 12.7. The first-order chi connectivity index (χ1) is 15.2. The van der Waals surface area contributed by atoms with Crippen LogP contribution in [-0.4, -0.2) is 29.7 Å². The molecule has 0 radical (unpaired) electrons. The summed E-state index contributed by atoms with van der Waals surface area (Å²) in [5, 5.41) is 2.87. The highest BCUT2D eigenvalue weighted by Gasteiger charge is 2.26. The topological polar surface area (TPSA) is 29.5 Å². The third-order valence-corrected chi connectivity index (χ3v) is 6.92. The highest BCUT2D eigenvalue weighted by Crippen LogP contribution is 2.36. The van der Waals surface area contributed by atoms with Crippen molar-refractivity contribution in [2.75, 3.05) is 13.1 Å². The molecule has 1 heterocycles. The maximum absolute atomic E-state index is 12.7. The van der Waals surface area contributed by atoms with Gasteiger partial charge in [-0.15, -0.1) is 0 Å². The first-order valence-electron chi connectivity index (χ1n) is 12.4. The summed E-state index contributed by atoms with van der Waals surface area (Å²) < 4.78 is 5.65. The molecular weight excluding hydrogens is 394 g/mol. The molecule has 0 aromatic heterocycles. The molecule has 1 fully saturated rings. The van der Waals surface area contributed by atoms with E-state index in [0.717, 1.165) is 32.2 Å². The van der Waals surface area contributed by atoms with Gasteiger partial charge in [0.25, 0.3) is 0 Å². The summed E-state index contributed by atoms with van der Waals surface area (Å²) in [5.74, 6) is 0.985. The Hall–Kier alpha value is -2.29. The number of carbonyl (C=O) groups excluding carboxylic acids is 1. The van der Waals surface area contributed by atoms with E-state index in [2.05, 4.69) is 43.9 Å². The number of carbonyl (C=O) groups is 1. The van der Waals surface area contributed by atoms with Crippen molar-refractivity contribution in [3.8, 4) is 0 Å². The van der Waals surface area contributed by atoms with Crippen molar-refractivity contribution in [3.63, 3.8) is 0 Å². The zero-order valence-corrected chi connectivity index (χ0v) is 20.4. The Bertz CT molecular complexity index is 1040. The number of hydrogen-bond acceptors (Lipinski definition) is 2. The predicted molar refractivity (Wildman–Crippen MR) is 133 cm³/mol. The molecule has 0 N–H and O–H groups in total. The van der Waals surface area contributed by atoms with Crippen LogP contribution in [0.25, 0.3) is 11.6 Å². The van der Waals surface area contributed by atoms with Crippen molar-refractivity contribution in [3.05, 3.63) is 58.0 Å². The molecule has 3 heteroatoms. The Balaban J connectivity index is 1.72. The number of nitrogens with zero attached hydrogens (tertiary/aromatic N) is 1. The van der Waals surface area contributed by atoms with Crippen molar-refractivity contribution in [1.29, 1.82) is 0 Å². The van der Waals surface area contributed by atoms with E-state index < -0.39 is 5.60 Å². The van der Waals surface area contributed by atoms with Gasteiger partial charge in [0.15, 0.2) is 0 Å². The fourth-order valence-electron chi connectivity index (χ4n) is 5.23. The van der Waals surface area contributed by atoms with Crippen molar-refractivity contribution >= 4 is 17.7 Å². The summed E-state index contributed by atoms with van der Waals surface area (Å²) in [7, 11) is 0. The monoisotopic (exact) mass is 433 g/mol. The molecule has 2 aliphatic carbocycles. The molecule has 0 spiro atoms. The first-order valence-corrected chi connectivity index (χ1v) is 12.4. The SMILES string of the molecule is C=C1CC=c2cccc(C3CCC3)c2=C(/C2=C\[C@@H](C)CN(C(=O)OC(C)(C)C)CCC2)C1. The van der Waals surface area contributed by atoms with Crippen LogP contribution in [0.1, 0.15) is 84.1 Å². The van der Waals surface area contributed by atoms with E-state index in [4.69, 9.17) is 4.74 Å². The second kappa shape index (κ2) is 9.29. The number of amides is 1. The van der Waals surface area contributed by atoms with E-state index in [-0.39, 0.29) is 12.0 Å². The molecule has 1 aromatic rings. The molecule has 0 bridgehead atoms. The second-order valence-corrected chi connectivity index (χ2v) is 11.0. The normalized spacial score (nSPS) is 24.2. The molecule has 0 saturated heterocycles. The molecule has 1 atom stereocenters. The molecule has 32 heavy (non-hydrogen) atoms. The Kier molecular flexibility index (Phi) is 6.65. The lowest BCUT2D eigenvalue weighted by Gasteiger charge is -2.31. The second-order valence-electron chi connectivity index (χ2n) is 11.0. The quantitative estimate of drug-likeness (QED) is 0.549. The Morgan fingerprint density at radius 2 is 1.97 bits per heavy atom. The van der Waals surface area contributed by atoms with Gasteiger partial charge >= 0.3 is 6.09 Å². The molecule has 1 saturated carbocycles. The minimum Gasteiger partial charge on any atom is -0.444 e. The molecule has 0 unspecified atom stereocenters. The van der Waals surface area contributed by atoms with Crippen LogP contribution < -0.4 is 10.4 Å². The summed E-state index contributed by atoms with van der Waals surface area (Å²) in [6, 6.07) is 6.89. The largest absolute Gasteiger partial charge is 0.444 e. The molecule has 1 amide bonds. The Labute approximate surface area is 193 Å². The van der Waals surface area contributed by atoms with Gasteiger partial charge in [-0.1, -0.05) is 55.8 Å². The van der Waals surface area contributed by atoms with E-state index in [1.807, 2.05) is 25.7 Å².